The first kappa shape index (κ1) is 20.7. The van der Waals surface area contributed by atoms with Crippen LogP contribution in [0.2, 0.25) is 0 Å². The molecule has 2 heterocycles. The fourth-order valence-corrected chi connectivity index (χ4v) is 8.69. The van der Waals surface area contributed by atoms with Crippen LogP contribution in [0.25, 0.3) is 26.4 Å². The van der Waals surface area contributed by atoms with Crippen molar-refractivity contribution in [3.05, 3.63) is 59.8 Å². The van der Waals surface area contributed by atoms with Crippen LogP contribution in [0.4, 0.5) is 0 Å². The topological polar surface area (TPSA) is 46.4 Å². The first-order valence-corrected chi connectivity index (χ1v) is 13.6. The Morgan fingerprint density at radius 3 is 2.41 bits per heavy atom. The number of rotatable bonds is 4. The molecule has 1 amide bonds. The van der Waals surface area contributed by atoms with Gasteiger partial charge in [-0.1, -0.05) is 41.2 Å². The van der Waals surface area contributed by atoms with Crippen LogP contribution in [0, 0.1) is 30.1 Å². The number of thiazole rings is 1. The van der Waals surface area contributed by atoms with Crippen molar-refractivity contribution < 1.29 is 4.79 Å². The maximum Gasteiger partial charge on any atom is 0.251 e. The van der Waals surface area contributed by atoms with Gasteiger partial charge < -0.3 is 5.32 Å². The van der Waals surface area contributed by atoms with Crippen LogP contribution < -0.4 is 5.32 Å². The van der Waals surface area contributed by atoms with Gasteiger partial charge in [0.05, 0.1) is 15.9 Å². The molecule has 4 nitrogen and oxygen atoms in total. The number of nitrogens with one attached hydrogen (secondary N) is 1. The highest BCUT2D eigenvalue weighted by Crippen LogP contribution is 2.61. The van der Waals surface area contributed by atoms with Gasteiger partial charge in [-0.05, 0) is 93.7 Å². The van der Waals surface area contributed by atoms with Gasteiger partial charge in [0.2, 0.25) is 0 Å². The summed E-state index contributed by atoms with van der Waals surface area (Å²) in [6, 6.07) is 14.8. The summed E-state index contributed by atoms with van der Waals surface area (Å²) < 4.78 is 3.25. The highest BCUT2D eigenvalue weighted by atomic mass is 32.1. The lowest BCUT2D eigenvalue weighted by Gasteiger charge is -2.59. The minimum absolute atomic E-state index is 0.0662. The van der Waals surface area contributed by atoms with Crippen molar-refractivity contribution in [2.45, 2.75) is 58.4 Å². The van der Waals surface area contributed by atoms with Crippen LogP contribution in [0.5, 0.6) is 0 Å². The molecule has 4 fully saturated rings. The second kappa shape index (κ2) is 7.42. The van der Waals surface area contributed by atoms with E-state index in [9.17, 15) is 4.79 Å². The number of hydrogen-bond donors (Lipinski definition) is 1. The molecule has 0 spiro atoms. The van der Waals surface area contributed by atoms with E-state index >= 15 is 0 Å². The van der Waals surface area contributed by atoms with Gasteiger partial charge in [-0.25, -0.2) is 4.98 Å². The van der Waals surface area contributed by atoms with Crippen molar-refractivity contribution in [2.75, 3.05) is 0 Å². The molecule has 4 aromatic rings. The maximum absolute atomic E-state index is 13.3. The predicted molar refractivity (Wildman–Crippen MR) is 138 cm³/mol. The molecule has 4 aliphatic rings. The highest BCUT2D eigenvalue weighted by molar-refractivity contribution is 7.23. The average Bonchev–Trinajstić information content (AvgIpc) is 3.36. The zero-order valence-corrected chi connectivity index (χ0v) is 20.7. The molecule has 4 bridgehead atoms. The summed E-state index contributed by atoms with van der Waals surface area (Å²) in [6.45, 7) is 4.36. The summed E-state index contributed by atoms with van der Waals surface area (Å²) in [7, 11) is 0. The van der Waals surface area contributed by atoms with Crippen LogP contribution in [0.15, 0.2) is 48.7 Å². The fraction of sp³-hybridized carbons (Fsp3) is 0.448. The van der Waals surface area contributed by atoms with E-state index in [0.717, 1.165) is 49.8 Å². The summed E-state index contributed by atoms with van der Waals surface area (Å²) in [6.07, 6.45) is 10.3. The number of nitrogens with zero attached hydrogens (tertiary/aromatic N) is 2. The van der Waals surface area contributed by atoms with Gasteiger partial charge in [-0.3, -0.25) is 9.20 Å². The van der Waals surface area contributed by atoms with Gasteiger partial charge in [0.1, 0.15) is 0 Å². The standard InChI is InChI=1S/C29H31N3OS/c1-17-3-5-22(6-4-17)24-16-32-25-8-7-23(12-26(25)34-28(32)31-24)27(33)30-18(2)29-13-19-9-20(14-29)11-21(10-19)15-29/h3-8,12,16,18-21H,9-11,13-15H2,1-2H3,(H,30,33)/t18-,19?,20?,21?,29?/m0/s1. The monoisotopic (exact) mass is 469 g/mol. The minimum atomic E-state index is 0.0662. The number of benzene rings is 2. The molecule has 8 rings (SSSR count). The Bertz CT molecular complexity index is 1380. The van der Waals surface area contributed by atoms with Crippen LogP contribution in [-0.2, 0) is 0 Å². The van der Waals surface area contributed by atoms with Crippen molar-refractivity contribution in [3.8, 4) is 11.3 Å². The molecule has 1 N–H and O–H groups in total. The van der Waals surface area contributed by atoms with Crippen LogP contribution >= 0.6 is 11.3 Å². The van der Waals surface area contributed by atoms with Crippen LogP contribution in [0.3, 0.4) is 0 Å². The number of carbonyl (C=O) groups is 1. The first-order valence-electron chi connectivity index (χ1n) is 12.8. The van der Waals surface area contributed by atoms with Crippen molar-refractivity contribution in [3.63, 3.8) is 0 Å². The average molecular weight is 470 g/mol. The smallest absolute Gasteiger partial charge is 0.251 e. The Balaban J connectivity index is 1.14. The second-order valence-corrected chi connectivity index (χ2v) is 12.4. The summed E-state index contributed by atoms with van der Waals surface area (Å²) in [5, 5.41) is 3.42. The summed E-state index contributed by atoms with van der Waals surface area (Å²) >= 11 is 1.65. The number of aryl methyl sites for hydroxylation is 1. The van der Waals surface area contributed by atoms with Gasteiger partial charge in [0.25, 0.3) is 5.91 Å². The van der Waals surface area contributed by atoms with Crippen molar-refractivity contribution in [1.29, 1.82) is 0 Å². The van der Waals surface area contributed by atoms with Crippen LogP contribution in [-0.4, -0.2) is 21.3 Å². The Morgan fingerprint density at radius 1 is 1.06 bits per heavy atom. The summed E-state index contributed by atoms with van der Waals surface area (Å²) in [4.78, 5) is 19.1. The lowest BCUT2D eigenvalue weighted by Crippen LogP contribution is -2.55. The van der Waals surface area contributed by atoms with Crippen molar-refractivity contribution in [1.82, 2.24) is 14.7 Å². The molecular formula is C29H31N3OS. The minimum Gasteiger partial charge on any atom is -0.349 e. The molecule has 4 aliphatic carbocycles. The van der Waals surface area contributed by atoms with E-state index in [1.54, 1.807) is 11.3 Å². The van der Waals surface area contributed by atoms with E-state index in [1.165, 1.54) is 44.1 Å². The molecule has 174 valence electrons. The number of amides is 1. The fourth-order valence-electron chi connectivity index (χ4n) is 7.65. The molecule has 34 heavy (non-hydrogen) atoms. The van der Waals surface area contributed by atoms with Gasteiger partial charge in [0.15, 0.2) is 4.96 Å². The lowest BCUT2D eigenvalue weighted by molar-refractivity contribution is -0.0688. The van der Waals surface area contributed by atoms with E-state index in [4.69, 9.17) is 4.98 Å². The highest BCUT2D eigenvalue weighted by Gasteiger charge is 2.53. The van der Waals surface area contributed by atoms with E-state index in [-0.39, 0.29) is 11.9 Å². The second-order valence-electron chi connectivity index (χ2n) is 11.4. The molecule has 2 aromatic heterocycles. The molecule has 0 aliphatic heterocycles. The van der Waals surface area contributed by atoms with Gasteiger partial charge in [-0.15, -0.1) is 0 Å². The number of hydrogen-bond acceptors (Lipinski definition) is 3. The maximum atomic E-state index is 13.3. The summed E-state index contributed by atoms with van der Waals surface area (Å²) in [5.74, 6) is 2.76. The summed E-state index contributed by atoms with van der Waals surface area (Å²) in [5.41, 5.74) is 5.55. The molecule has 5 heteroatoms. The molecule has 4 saturated carbocycles. The van der Waals surface area contributed by atoms with Crippen LogP contribution in [0.1, 0.15) is 61.4 Å². The van der Waals surface area contributed by atoms with Gasteiger partial charge in [0, 0.05) is 23.4 Å². The molecule has 1 atom stereocenters. The quantitative estimate of drug-likeness (QED) is 0.355. The molecule has 0 saturated heterocycles. The third-order valence-corrected chi connectivity index (χ3v) is 10.1. The number of imidazole rings is 1. The largest absolute Gasteiger partial charge is 0.349 e. The van der Waals surface area contributed by atoms with Crippen molar-refractivity contribution >= 4 is 32.4 Å². The molecule has 0 unspecified atom stereocenters. The van der Waals surface area contributed by atoms with E-state index in [1.807, 2.05) is 12.1 Å². The Morgan fingerprint density at radius 2 is 1.74 bits per heavy atom. The van der Waals surface area contributed by atoms with E-state index in [0.29, 0.717) is 5.41 Å². The normalized spacial score (nSPS) is 28.6. The first-order chi connectivity index (χ1) is 16.5. The third kappa shape index (κ3) is 3.24. The van der Waals surface area contributed by atoms with Gasteiger partial charge >= 0.3 is 0 Å². The van der Waals surface area contributed by atoms with E-state index < -0.39 is 0 Å². The number of aromatic nitrogens is 2. The lowest BCUT2D eigenvalue weighted by atomic mass is 9.48. The third-order valence-electron chi connectivity index (χ3n) is 9.06. The Kier molecular flexibility index (Phi) is 4.51. The predicted octanol–water partition coefficient (Wildman–Crippen LogP) is 6.86. The number of carbonyl (C=O) groups excluding carboxylic acids is 1. The zero-order chi connectivity index (χ0) is 23.0. The van der Waals surface area contributed by atoms with Gasteiger partial charge in [-0.2, -0.15) is 0 Å². The number of fused-ring (bicyclic) bond motifs is 3. The SMILES string of the molecule is Cc1ccc(-c2cn3c(n2)sc2cc(C(=O)N[C@@H](C)C45CC6CC(CC(C6)C4)C5)ccc23)cc1. The van der Waals surface area contributed by atoms with Crippen molar-refractivity contribution in [2.24, 2.45) is 23.2 Å². The molecule has 0 radical (unpaired) electrons. The Labute approximate surface area is 204 Å². The Hall–Kier alpha value is -2.66. The van der Waals surface area contributed by atoms with E-state index in [2.05, 4.69) is 60.1 Å². The molecular weight excluding hydrogens is 438 g/mol. The zero-order valence-electron chi connectivity index (χ0n) is 19.9. The molecule has 2 aromatic carbocycles.